The van der Waals surface area contributed by atoms with E-state index in [0.717, 1.165) is 13.8 Å². The fourth-order valence-electron chi connectivity index (χ4n) is 1.85. The Kier molecular flexibility index (Phi) is 9.20. The van der Waals surface area contributed by atoms with E-state index < -0.39 is 61.0 Å². The van der Waals surface area contributed by atoms with E-state index in [-0.39, 0.29) is 0 Å². The van der Waals surface area contributed by atoms with E-state index in [0.29, 0.717) is 0 Å². The van der Waals surface area contributed by atoms with Crippen LogP contribution in [-0.4, -0.2) is 107 Å². The van der Waals surface area contributed by atoms with Crippen LogP contribution in [0.3, 0.4) is 0 Å². The number of hydrogen-bond acceptors (Lipinski definition) is 11. The average Bonchev–Trinajstić information content (AvgIpc) is 2.55. The maximum Gasteiger partial charge on any atom is 0.118 e. The molecule has 11 heteroatoms. The molecule has 0 spiro atoms. The molecule has 10 unspecified atom stereocenters. The van der Waals surface area contributed by atoms with Crippen LogP contribution in [0.15, 0.2) is 5.18 Å². The highest BCUT2D eigenvalue weighted by Crippen LogP contribution is 2.17. The minimum Gasteiger partial charge on any atom is -0.391 e. The highest BCUT2D eigenvalue weighted by atomic mass is 16.4. The van der Waals surface area contributed by atoms with Crippen molar-refractivity contribution in [2.75, 3.05) is 0 Å². The van der Waals surface area contributed by atoms with Crippen molar-refractivity contribution in [2.45, 2.75) is 74.8 Å². The minimum atomic E-state index is -2.25. The summed E-state index contributed by atoms with van der Waals surface area (Å²) in [5.74, 6) is 0. The van der Waals surface area contributed by atoms with Crippen LogP contribution in [0.25, 0.3) is 0 Å². The molecule has 0 aliphatic heterocycles. The van der Waals surface area contributed by atoms with Gasteiger partial charge in [-0.25, -0.2) is 0 Å². The lowest BCUT2D eigenvalue weighted by Crippen LogP contribution is -2.57. The second-order valence-corrected chi connectivity index (χ2v) is 5.51. The highest BCUT2D eigenvalue weighted by Gasteiger charge is 2.42. The van der Waals surface area contributed by atoms with Crippen molar-refractivity contribution >= 4 is 0 Å². The maximum absolute atomic E-state index is 10.3. The van der Waals surface area contributed by atoms with Gasteiger partial charge in [0.2, 0.25) is 0 Å². The van der Waals surface area contributed by atoms with Gasteiger partial charge in [0.15, 0.2) is 0 Å². The zero-order chi connectivity index (χ0) is 18.5. The van der Waals surface area contributed by atoms with Crippen molar-refractivity contribution in [1.29, 1.82) is 0 Å². The number of rotatable bonds is 10. The zero-order valence-corrected chi connectivity index (χ0v) is 12.7. The molecule has 0 heterocycles. The molecule has 0 amide bonds. The SMILES string of the molecule is CC(O)C(O)C(O)C(O)C(O)C(O)C(O)C(O)C(O)C(C)N=O. The number of hydrogen-bond donors (Lipinski definition) is 9. The van der Waals surface area contributed by atoms with Crippen molar-refractivity contribution in [3.63, 3.8) is 0 Å². The van der Waals surface area contributed by atoms with Crippen LogP contribution < -0.4 is 0 Å². The summed E-state index contributed by atoms with van der Waals surface area (Å²) in [6.07, 6.45) is -18.2. The lowest BCUT2D eigenvalue weighted by atomic mass is 9.91. The van der Waals surface area contributed by atoms with Crippen molar-refractivity contribution in [1.82, 2.24) is 0 Å². The fraction of sp³-hybridized carbons (Fsp3) is 1.00. The largest absolute Gasteiger partial charge is 0.391 e. The summed E-state index contributed by atoms with van der Waals surface area (Å²) in [5, 5.41) is 88.3. The Bertz CT molecular complexity index is 357. The molecule has 0 saturated heterocycles. The third kappa shape index (κ3) is 5.67. The van der Waals surface area contributed by atoms with Gasteiger partial charge in [0.1, 0.15) is 54.9 Å². The normalized spacial score (nSPS) is 25.3. The summed E-state index contributed by atoms with van der Waals surface area (Å²) in [4.78, 5) is 10.3. The molecule has 138 valence electrons. The van der Waals surface area contributed by atoms with Crippen LogP contribution in [0, 0.1) is 4.91 Å². The molecule has 0 aliphatic rings. The predicted molar refractivity (Wildman–Crippen MR) is 75.0 cm³/mol. The van der Waals surface area contributed by atoms with Gasteiger partial charge in [-0.1, -0.05) is 5.18 Å². The summed E-state index contributed by atoms with van der Waals surface area (Å²) < 4.78 is 0. The first kappa shape index (κ1) is 22.2. The second kappa shape index (κ2) is 9.52. The van der Waals surface area contributed by atoms with Crippen LogP contribution in [0.5, 0.6) is 0 Å². The number of nitroso groups, excluding NO2 is 1. The van der Waals surface area contributed by atoms with Gasteiger partial charge in [-0.2, -0.15) is 4.91 Å². The molecule has 23 heavy (non-hydrogen) atoms. The molecule has 0 aromatic heterocycles. The predicted octanol–water partition coefficient (Wildman–Crippen LogP) is -4.59. The summed E-state index contributed by atoms with van der Waals surface area (Å²) >= 11 is 0. The van der Waals surface area contributed by atoms with Crippen molar-refractivity contribution in [3.8, 4) is 0 Å². The average molecular weight is 343 g/mol. The summed E-state index contributed by atoms with van der Waals surface area (Å²) in [6.45, 7) is 2.24. The topological polar surface area (TPSA) is 212 Å². The van der Waals surface area contributed by atoms with E-state index in [9.17, 15) is 45.8 Å². The third-order valence-corrected chi connectivity index (χ3v) is 3.60. The van der Waals surface area contributed by atoms with Crippen molar-refractivity contribution < 1.29 is 46.0 Å². The molecule has 0 bridgehead atoms. The van der Waals surface area contributed by atoms with E-state index in [1.54, 1.807) is 0 Å². The Balaban J connectivity index is 4.92. The second-order valence-electron chi connectivity index (χ2n) is 5.51. The lowest BCUT2D eigenvalue weighted by molar-refractivity contribution is -0.184. The molecular weight excluding hydrogens is 318 g/mol. The molecule has 0 fully saturated rings. The lowest BCUT2D eigenvalue weighted by Gasteiger charge is -2.34. The van der Waals surface area contributed by atoms with Gasteiger partial charge >= 0.3 is 0 Å². The Morgan fingerprint density at radius 3 is 1.04 bits per heavy atom. The van der Waals surface area contributed by atoms with Gasteiger partial charge in [0, 0.05) is 0 Å². The van der Waals surface area contributed by atoms with E-state index in [1.807, 2.05) is 0 Å². The first-order valence-corrected chi connectivity index (χ1v) is 6.92. The Morgan fingerprint density at radius 2 is 0.783 bits per heavy atom. The molecule has 9 N–H and O–H groups in total. The molecular formula is C12H25NO10. The fourth-order valence-corrected chi connectivity index (χ4v) is 1.85. The van der Waals surface area contributed by atoms with E-state index in [4.69, 9.17) is 5.11 Å². The van der Waals surface area contributed by atoms with Gasteiger partial charge in [-0.15, -0.1) is 0 Å². The van der Waals surface area contributed by atoms with E-state index >= 15 is 0 Å². The molecule has 0 aromatic rings. The summed E-state index contributed by atoms with van der Waals surface area (Å²) in [7, 11) is 0. The van der Waals surface area contributed by atoms with Gasteiger partial charge in [-0.3, -0.25) is 0 Å². The van der Waals surface area contributed by atoms with Crippen molar-refractivity contribution in [3.05, 3.63) is 4.91 Å². The highest BCUT2D eigenvalue weighted by molar-refractivity contribution is 4.93. The van der Waals surface area contributed by atoms with Crippen LogP contribution >= 0.6 is 0 Å². The number of aliphatic hydroxyl groups excluding tert-OH is 9. The van der Waals surface area contributed by atoms with Gasteiger partial charge < -0.3 is 46.0 Å². The van der Waals surface area contributed by atoms with Crippen LogP contribution in [-0.2, 0) is 0 Å². The monoisotopic (exact) mass is 343 g/mol. The quantitative estimate of drug-likeness (QED) is 0.173. The Labute approximate surface area is 132 Å². The molecule has 0 rings (SSSR count). The Morgan fingerprint density at radius 1 is 0.522 bits per heavy atom. The smallest absolute Gasteiger partial charge is 0.118 e. The van der Waals surface area contributed by atoms with Crippen LogP contribution in [0.2, 0.25) is 0 Å². The molecule has 0 aliphatic carbocycles. The third-order valence-electron chi connectivity index (χ3n) is 3.60. The van der Waals surface area contributed by atoms with Gasteiger partial charge in [0.05, 0.1) is 6.10 Å². The molecule has 11 nitrogen and oxygen atoms in total. The molecule has 10 atom stereocenters. The van der Waals surface area contributed by atoms with Gasteiger partial charge in [-0.05, 0) is 13.8 Å². The van der Waals surface area contributed by atoms with Crippen LogP contribution in [0.1, 0.15) is 13.8 Å². The van der Waals surface area contributed by atoms with Crippen molar-refractivity contribution in [2.24, 2.45) is 5.18 Å². The standard InChI is InChI=1S/C12H25NO10/c1-3(13-23)5(15)7(17)9(19)11(21)12(22)10(20)8(18)6(16)4(2)14/h3-12,14-22H,1-2H3. The Hall–Kier alpha value is -0.760. The minimum absolute atomic E-state index is 1.10. The zero-order valence-electron chi connectivity index (χ0n) is 12.7. The first-order chi connectivity index (χ1) is 10.5. The number of aliphatic hydroxyl groups is 9. The van der Waals surface area contributed by atoms with Gasteiger partial charge in [0.25, 0.3) is 0 Å². The molecule has 0 aromatic carbocycles. The maximum atomic E-state index is 10.3. The van der Waals surface area contributed by atoms with E-state index in [1.165, 1.54) is 0 Å². The van der Waals surface area contributed by atoms with Crippen LogP contribution in [0.4, 0.5) is 0 Å². The molecule has 0 radical (unpaired) electrons. The van der Waals surface area contributed by atoms with E-state index in [2.05, 4.69) is 5.18 Å². The summed E-state index contributed by atoms with van der Waals surface area (Å²) in [6, 6.07) is -1.32. The first-order valence-electron chi connectivity index (χ1n) is 6.92. The number of nitrogens with zero attached hydrogens (tertiary/aromatic N) is 1. The molecule has 0 saturated carbocycles. The summed E-state index contributed by atoms with van der Waals surface area (Å²) in [5.41, 5.74) is 0.